The maximum absolute atomic E-state index is 5.50. The Kier molecular flexibility index (Phi) is 3.22. The molecule has 2 aromatic heterocycles. The highest BCUT2D eigenvalue weighted by Gasteiger charge is 2.12. The number of ether oxygens (including phenoxy) is 1. The lowest BCUT2D eigenvalue weighted by Crippen LogP contribution is -1.98. The summed E-state index contributed by atoms with van der Waals surface area (Å²) < 4.78 is 8.04. The minimum atomic E-state index is 0.773. The van der Waals surface area contributed by atoms with Gasteiger partial charge in [-0.2, -0.15) is 5.10 Å². The number of methoxy groups -OCH3 is 1. The molecule has 0 radical (unpaired) electrons. The standard InChI is InChI=1S/C15H14BrN3O/c1-9-6-10(2)15(12(7-9)20-3)11-4-5-14-17-13(16)8-19(14)18-11/h4-8H,1-3H3. The maximum Gasteiger partial charge on any atom is 0.154 e. The Morgan fingerprint density at radius 2 is 2.00 bits per heavy atom. The van der Waals surface area contributed by atoms with Crippen LogP contribution in [0.2, 0.25) is 0 Å². The van der Waals surface area contributed by atoms with Crippen LogP contribution >= 0.6 is 15.9 Å². The molecule has 5 heteroatoms. The van der Waals surface area contributed by atoms with E-state index in [2.05, 4.69) is 45.9 Å². The third-order valence-corrected chi connectivity index (χ3v) is 3.59. The fourth-order valence-corrected chi connectivity index (χ4v) is 2.78. The van der Waals surface area contributed by atoms with Gasteiger partial charge in [0, 0.05) is 5.56 Å². The summed E-state index contributed by atoms with van der Waals surface area (Å²) in [4.78, 5) is 4.31. The average molecular weight is 332 g/mol. The van der Waals surface area contributed by atoms with Crippen LogP contribution in [-0.4, -0.2) is 21.7 Å². The molecule has 0 fully saturated rings. The van der Waals surface area contributed by atoms with Crippen LogP contribution in [0.3, 0.4) is 0 Å². The predicted molar refractivity (Wildman–Crippen MR) is 82.1 cm³/mol. The molecule has 3 aromatic rings. The van der Waals surface area contributed by atoms with Gasteiger partial charge in [-0.1, -0.05) is 6.07 Å². The van der Waals surface area contributed by atoms with Crippen molar-refractivity contribution in [2.24, 2.45) is 0 Å². The number of nitrogens with zero attached hydrogens (tertiary/aromatic N) is 3. The molecule has 0 unspecified atom stereocenters. The first-order valence-corrected chi connectivity index (χ1v) is 7.05. The van der Waals surface area contributed by atoms with Crippen molar-refractivity contribution >= 4 is 21.6 Å². The smallest absolute Gasteiger partial charge is 0.154 e. The summed E-state index contributed by atoms with van der Waals surface area (Å²) >= 11 is 3.36. The van der Waals surface area contributed by atoms with Crippen molar-refractivity contribution in [2.45, 2.75) is 13.8 Å². The summed E-state index contributed by atoms with van der Waals surface area (Å²) in [7, 11) is 1.68. The Labute approximate surface area is 125 Å². The number of rotatable bonds is 2. The van der Waals surface area contributed by atoms with E-state index in [4.69, 9.17) is 4.74 Å². The summed E-state index contributed by atoms with van der Waals surface area (Å²) in [6.45, 7) is 4.13. The van der Waals surface area contributed by atoms with E-state index < -0.39 is 0 Å². The normalized spacial score (nSPS) is 11.0. The molecule has 20 heavy (non-hydrogen) atoms. The summed E-state index contributed by atoms with van der Waals surface area (Å²) in [5, 5.41) is 4.61. The van der Waals surface area contributed by atoms with E-state index in [1.807, 2.05) is 24.4 Å². The van der Waals surface area contributed by atoms with Gasteiger partial charge in [0.15, 0.2) is 5.65 Å². The van der Waals surface area contributed by atoms with E-state index in [-0.39, 0.29) is 0 Å². The van der Waals surface area contributed by atoms with Gasteiger partial charge in [-0.15, -0.1) is 0 Å². The minimum Gasteiger partial charge on any atom is -0.496 e. The highest BCUT2D eigenvalue weighted by molar-refractivity contribution is 9.10. The summed E-state index contributed by atoms with van der Waals surface area (Å²) in [6.07, 6.45) is 1.84. The van der Waals surface area contributed by atoms with E-state index in [0.29, 0.717) is 0 Å². The van der Waals surface area contributed by atoms with Gasteiger partial charge in [-0.3, -0.25) is 0 Å². The Balaban J connectivity index is 2.24. The van der Waals surface area contributed by atoms with E-state index in [1.165, 1.54) is 5.56 Å². The first-order chi connectivity index (χ1) is 9.58. The minimum absolute atomic E-state index is 0.773. The molecular weight excluding hydrogens is 318 g/mol. The molecule has 0 aliphatic heterocycles. The molecular formula is C15H14BrN3O. The Morgan fingerprint density at radius 3 is 2.75 bits per heavy atom. The van der Waals surface area contributed by atoms with Gasteiger partial charge in [-0.25, -0.2) is 9.50 Å². The fourth-order valence-electron chi connectivity index (χ4n) is 2.40. The zero-order valence-electron chi connectivity index (χ0n) is 11.5. The Bertz CT molecular complexity index is 795. The van der Waals surface area contributed by atoms with Crippen molar-refractivity contribution in [1.29, 1.82) is 0 Å². The van der Waals surface area contributed by atoms with Crippen LogP contribution in [0.15, 0.2) is 35.1 Å². The number of hydrogen-bond donors (Lipinski definition) is 0. The van der Waals surface area contributed by atoms with Gasteiger partial charge in [0.1, 0.15) is 10.4 Å². The Hall–Kier alpha value is -1.88. The van der Waals surface area contributed by atoms with Crippen molar-refractivity contribution < 1.29 is 4.74 Å². The Morgan fingerprint density at radius 1 is 1.20 bits per heavy atom. The lowest BCUT2D eigenvalue weighted by atomic mass is 10.0. The molecule has 0 aliphatic rings. The van der Waals surface area contributed by atoms with E-state index in [0.717, 1.165) is 32.8 Å². The highest BCUT2D eigenvalue weighted by Crippen LogP contribution is 2.33. The molecule has 2 heterocycles. The van der Waals surface area contributed by atoms with E-state index in [1.54, 1.807) is 11.6 Å². The second kappa shape index (κ2) is 4.90. The number of halogens is 1. The number of aromatic nitrogens is 3. The highest BCUT2D eigenvalue weighted by atomic mass is 79.9. The molecule has 0 bridgehead atoms. The molecule has 0 saturated carbocycles. The first kappa shape index (κ1) is 13.1. The van der Waals surface area contributed by atoms with E-state index in [9.17, 15) is 0 Å². The molecule has 102 valence electrons. The van der Waals surface area contributed by atoms with E-state index >= 15 is 0 Å². The molecule has 0 aliphatic carbocycles. The number of fused-ring (bicyclic) bond motifs is 1. The quantitative estimate of drug-likeness (QED) is 0.717. The van der Waals surface area contributed by atoms with Crippen molar-refractivity contribution in [2.75, 3.05) is 7.11 Å². The van der Waals surface area contributed by atoms with Gasteiger partial charge >= 0.3 is 0 Å². The molecule has 0 atom stereocenters. The van der Waals surface area contributed by atoms with Gasteiger partial charge in [0.25, 0.3) is 0 Å². The fraction of sp³-hybridized carbons (Fsp3) is 0.200. The van der Waals surface area contributed by atoms with Crippen LogP contribution in [-0.2, 0) is 0 Å². The third-order valence-electron chi connectivity index (χ3n) is 3.21. The van der Waals surface area contributed by atoms with Crippen molar-refractivity contribution in [3.05, 3.63) is 46.2 Å². The van der Waals surface area contributed by atoms with Gasteiger partial charge in [0.05, 0.1) is 19.0 Å². The zero-order valence-corrected chi connectivity index (χ0v) is 13.1. The molecule has 4 nitrogen and oxygen atoms in total. The summed E-state index contributed by atoms with van der Waals surface area (Å²) in [5.74, 6) is 0.841. The predicted octanol–water partition coefficient (Wildman–Crippen LogP) is 3.78. The van der Waals surface area contributed by atoms with Gasteiger partial charge in [-0.05, 0) is 59.1 Å². The van der Waals surface area contributed by atoms with Crippen LogP contribution < -0.4 is 4.74 Å². The number of imidazole rings is 1. The largest absolute Gasteiger partial charge is 0.496 e. The average Bonchev–Trinajstić information content (AvgIpc) is 2.76. The van der Waals surface area contributed by atoms with Crippen LogP contribution in [0, 0.1) is 13.8 Å². The summed E-state index contributed by atoms with van der Waals surface area (Å²) in [6, 6.07) is 8.08. The van der Waals surface area contributed by atoms with Gasteiger partial charge < -0.3 is 4.74 Å². The molecule has 1 aromatic carbocycles. The molecule has 0 amide bonds. The second-order valence-electron chi connectivity index (χ2n) is 4.74. The third kappa shape index (κ3) is 2.18. The summed E-state index contributed by atoms with van der Waals surface area (Å²) in [5.41, 5.74) is 5.02. The first-order valence-electron chi connectivity index (χ1n) is 6.26. The lowest BCUT2D eigenvalue weighted by Gasteiger charge is -2.12. The van der Waals surface area contributed by atoms with Crippen molar-refractivity contribution in [3.63, 3.8) is 0 Å². The lowest BCUT2D eigenvalue weighted by molar-refractivity contribution is 0.415. The molecule has 0 saturated heterocycles. The van der Waals surface area contributed by atoms with Crippen molar-refractivity contribution in [3.8, 4) is 17.0 Å². The molecule has 3 rings (SSSR count). The maximum atomic E-state index is 5.50. The zero-order chi connectivity index (χ0) is 14.3. The molecule has 0 N–H and O–H groups in total. The second-order valence-corrected chi connectivity index (χ2v) is 5.56. The monoisotopic (exact) mass is 331 g/mol. The van der Waals surface area contributed by atoms with Crippen LogP contribution in [0.25, 0.3) is 16.9 Å². The van der Waals surface area contributed by atoms with Crippen LogP contribution in [0.5, 0.6) is 5.75 Å². The number of aryl methyl sites for hydroxylation is 2. The number of benzene rings is 1. The van der Waals surface area contributed by atoms with Gasteiger partial charge in [0.2, 0.25) is 0 Å². The topological polar surface area (TPSA) is 39.4 Å². The molecule has 0 spiro atoms. The van der Waals surface area contributed by atoms with Crippen molar-refractivity contribution in [1.82, 2.24) is 14.6 Å². The number of hydrogen-bond acceptors (Lipinski definition) is 3. The SMILES string of the molecule is COc1cc(C)cc(C)c1-c1ccc2nc(Br)cn2n1. The van der Waals surface area contributed by atoms with Crippen LogP contribution in [0.4, 0.5) is 0 Å². The van der Waals surface area contributed by atoms with Crippen LogP contribution in [0.1, 0.15) is 11.1 Å².